The summed E-state index contributed by atoms with van der Waals surface area (Å²) in [5.74, 6) is -0.630. The number of nitrogens with zero attached hydrogens (tertiary/aromatic N) is 1. The van der Waals surface area contributed by atoms with E-state index >= 15 is 0 Å². The molecule has 0 aliphatic carbocycles. The lowest BCUT2D eigenvalue weighted by Gasteiger charge is -2.18. The fourth-order valence-electron chi connectivity index (χ4n) is 3.49. The van der Waals surface area contributed by atoms with Gasteiger partial charge >= 0.3 is 6.03 Å². The first-order valence-electron chi connectivity index (χ1n) is 12.1. The Morgan fingerprint density at radius 2 is 1.42 bits per heavy atom. The molecule has 0 aliphatic rings. The van der Waals surface area contributed by atoms with Gasteiger partial charge in [0.05, 0.1) is 0 Å². The molecule has 10 heteroatoms. The van der Waals surface area contributed by atoms with Crippen molar-refractivity contribution in [2.75, 3.05) is 6.54 Å². The summed E-state index contributed by atoms with van der Waals surface area (Å²) in [4.78, 5) is 40.6. The number of hydrogen-bond acceptors (Lipinski definition) is 4. The maximum absolute atomic E-state index is 13.0. The van der Waals surface area contributed by atoms with Gasteiger partial charge < -0.3 is 33.2 Å². The lowest BCUT2D eigenvalue weighted by Crippen LogP contribution is -2.46. The number of unbranched alkanes of at least 4 members (excludes halogenated alkanes) is 1. The van der Waals surface area contributed by atoms with Crippen molar-refractivity contribution < 1.29 is 14.4 Å². The summed E-state index contributed by atoms with van der Waals surface area (Å²) in [5, 5.41) is 8.25. The molecular formula is C26H37N7O3. The molecule has 36 heavy (non-hydrogen) atoms. The van der Waals surface area contributed by atoms with Crippen LogP contribution in [0.1, 0.15) is 59.7 Å². The number of nitrogens with one attached hydrogen (secondary N) is 3. The molecule has 0 aliphatic heterocycles. The highest BCUT2D eigenvalue weighted by Gasteiger charge is 2.21. The second-order valence-corrected chi connectivity index (χ2v) is 8.53. The van der Waals surface area contributed by atoms with Crippen molar-refractivity contribution in [3.63, 3.8) is 0 Å². The number of aliphatic imine (C=N–C) groups is 1. The molecule has 0 bridgehead atoms. The highest BCUT2D eigenvalue weighted by atomic mass is 16.2. The molecule has 0 unspecified atom stereocenters. The largest absolute Gasteiger partial charge is 0.370 e. The van der Waals surface area contributed by atoms with Crippen LogP contribution in [0, 0.1) is 0 Å². The molecule has 9 N–H and O–H groups in total. The molecule has 2 aromatic rings. The van der Waals surface area contributed by atoms with Crippen LogP contribution in [0.4, 0.5) is 4.79 Å². The highest BCUT2D eigenvalue weighted by molar-refractivity contribution is 5.97. The first kappa shape index (κ1) is 28.2. The van der Waals surface area contributed by atoms with Crippen LogP contribution in [0.3, 0.4) is 0 Å². The Bertz CT molecular complexity index is 1020. The number of benzene rings is 2. The van der Waals surface area contributed by atoms with Crippen LogP contribution in [0.15, 0.2) is 53.5 Å². The Morgan fingerprint density at radius 3 is 1.97 bits per heavy atom. The lowest BCUT2D eigenvalue weighted by atomic mass is 10.1. The molecule has 1 atom stereocenters. The minimum absolute atomic E-state index is 0.0160. The van der Waals surface area contributed by atoms with Gasteiger partial charge in [0.25, 0.3) is 5.91 Å². The Kier molecular flexibility index (Phi) is 11.8. The second kappa shape index (κ2) is 15.0. The van der Waals surface area contributed by atoms with Gasteiger partial charge in [-0.2, -0.15) is 0 Å². The monoisotopic (exact) mass is 495 g/mol. The van der Waals surface area contributed by atoms with Gasteiger partial charge in [-0.15, -0.1) is 0 Å². The van der Waals surface area contributed by atoms with Crippen LogP contribution in [0.25, 0.3) is 0 Å². The zero-order valence-electron chi connectivity index (χ0n) is 20.8. The molecule has 0 saturated carbocycles. The summed E-state index contributed by atoms with van der Waals surface area (Å²) in [6, 6.07) is 13.5. The van der Waals surface area contributed by atoms with Crippen LogP contribution in [0.5, 0.6) is 0 Å². The van der Waals surface area contributed by atoms with E-state index in [0.29, 0.717) is 31.5 Å². The standard InChI is InChI=1S/C26H37N7O3/c1-2-3-5-18-11-13-21(14-12-18)23(34)33-22(6-4-15-30-25(27)28)24(35)31-16-19-7-9-20(10-8-19)17-32-26(29)36/h7-14,22H,2-6,15-17H2,1H3,(H,31,35)(H,33,34)(H4,27,28,30)(H3,29,32,36)/t22-/m1/s1. The molecule has 0 saturated heterocycles. The summed E-state index contributed by atoms with van der Waals surface area (Å²) in [6.45, 7) is 3.11. The number of nitrogens with two attached hydrogens (primary N) is 3. The van der Waals surface area contributed by atoms with Gasteiger partial charge in [0, 0.05) is 25.2 Å². The number of hydrogen-bond donors (Lipinski definition) is 6. The Hall–Kier alpha value is -4.08. The van der Waals surface area contributed by atoms with Crippen molar-refractivity contribution in [2.45, 2.75) is 58.2 Å². The first-order chi connectivity index (χ1) is 17.3. The molecule has 0 spiro atoms. The maximum Gasteiger partial charge on any atom is 0.312 e. The van der Waals surface area contributed by atoms with Crippen molar-refractivity contribution in [2.24, 2.45) is 22.2 Å². The van der Waals surface area contributed by atoms with Gasteiger partial charge in [0.2, 0.25) is 5.91 Å². The quantitative estimate of drug-likeness (QED) is 0.132. The summed E-state index contributed by atoms with van der Waals surface area (Å²) < 4.78 is 0. The number of urea groups is 1. The zero-order chi connectivity index (χ0) is 26.3. The molecule has 0 fully saturated rings. The van der Waals surface area contributed by atoms with Gasteiger partial charge in [-0.05, 0) is 54.5 Å². The molecular weight excluding hydrogens is 458 g/mol. The van der Waals surface area contributed by atoms with E-state index in [1.54, 1.807) is 12.1 Å². The van der Waals surface area contributed by atoms with Gasteiger partial charge in [-0.25, -0.2) is 4.79 Å². The van der Waals surface area contributed by atoms with Crippen LogP contribution < -0.4 is 33.2 Å². The van der Waals surface area contributed by atoms with Crippen molar-refractivity contribution >= 4 is 23.8 Å². The Morgan fingerprint density at radius 1 is 0.833 bits per heavy atom. The van der Waals surface area contributed by atoms with Crippen LogP contribution in [-0.2, 0) is 24.3 Å². The fraction of sp³-hybridized carbons (Fsp3) is 0.385. The van der Waals surface area contributed by atoms with Crippen LogP contribution in [-0.4, -0.2) is 36.4 Å². The number of aryl methyl sites for hydroxylation is 1. The minimum atomic E-state index is -0.745. The Labute approximate surface area is 212 Å². The fourth-order valence-corrected chi connectivity index (χ4v) is 3.49. The summed E-state index contributed by atoms with van der Waals surface area (Å²) in [6.07, 6.45) is 4.07. The number of carbonyl (C=O) groups excluding carboxylic acids is 3. The van der Waals surface area contributed by atoms with E-state index in [4.69, 9.17) is 17.2 Å². The van der Waals surface area contributed by atoms with Crippen LogP contribution >= 0.6 is 0 Å². The topological polar surface area (TPSA) is 178 Å². The second-order valence-electron chi connectivity index (χ2n) is 8.53. The predicted octanol–water partition coefficient (Wildman–Crippen LogP) is 1.67. The van der Waals surface area contributed by atoms with E-state index in [9.17, 15) is 14.4 Å². The third-order valence-electron chi connectivity index (χ3n) is 5.56. The zero-order valence-corrected chi connectivity index (χ0v) is 20.8. The van der Waals surface area contributed by atoms with E-state index < -0.39 is 12.1 Å². The number of primary amides is 1. The SMILES string of the molecule is CCCCc1ccc(C(=O)N[C@H](CCCN=C(N)N)C(=O)NCc2ccc(CNC(N)=O)cc2)cc1. The highest BCUT2D eigenvalue weighted by Crippen LogP contribution is 2.10. The van der Waals surface area contributed by atoms with Gasteiger partial charge in [0.15, 0.2) is 5.96 Å². The molecule has 4 amide bonds. The smallest absolute Gasteiger partial charge is 0.312 e. The average molecular weight is 496 g/mol. The lowest BCUT2D eigenvalue weighted by molar-refractivity contribution is -0.123. The average Bonchev–Trinajstić information content (AvgIpc) is 2.87. The summed E-state index contributed by atoms with van der Waals surface area (Å²) in [5.41, 5.74) is 19.3. The summed E-state index contributed by atoms with van der Waals surface area (Å²) in [7, 11) is 0. The molecule has 2 rings (SSSR count). The third kappa shape index (κ3) is 10.5. The van der Waals surface area contributed by atoms with Gasteiger partial charge in [0.1, 0.15) is 6.04 Å². The van der Waals surface area contributed by atoms with E-state index in [1.807, 2.05) is 36.4 Å². The van der Waals surface area contributed by atoms with Crippen molar-refractivity contribution in [3.05, 3.63) is 70.8 Å². The van der Waals surface area contributed by atoms with E-state index in [2.05, 4.69) is 27.9 Å². The number of rotatable bonds is 14. The number of guanidine groups is 1. The maximum atomic E-state index is 13.0. The van der Waals surface area contributed by atoms with Gasteiger partial charge in [-0.3, -0.25) is 14.6 Å². The molecule has 10 nitrogen and oxygen atoms in total. The number of amides is 4. The molecule has 194 valence electrons. The van der Waals surface area contributed by atoms with Crippen LogP contribution in [0.2, 0.25) is 0 Å². The Balaban J connectivity index is 1.98. The predicted molar refractivity (Wildman–Crippen MR) is 141 cm³/mol. The van der Waals surface area contributed by atoms with Gasteiger partial charge in [-0.1, -0.05) is 49.7 Å². The van der Waals surface area contributed by atoms with Crippen molar-refractivity contribution in [1.82, 2.24) is 16.0 Å². The van der Waals surface area contributed by atoms with Crippen molar-refractivity contribution in [1.29, 1.82) is 0 Å². The van der Waals surface area contributed by atoms with E-state index in [1.165, 1.54) is 5.56 Å². The molecule has 0 radical (unpaired) electrons. The minimum Gasteiger partial charge on any atom is -0.370 e. The number of carbonyl (C=O) groups is 3. The summed E-state index contributed by atoms with van der Waals surface area (Å²) >= 11 is 0. The van der Waals surface area contributed by atoms with Crippen molar-refractivity contribution in [3.8, 4) is 0 Å². The molecule has 0 heterocycles. The first-order valence-corrected chi connectivity index (χ1v) is 12.1. The van der Waals surface area contributed by atoms with E-state index in [-0.39, 0.29) is 24.3 Å². The van der Waals surface area contributed by atoms with E-state index in [0.717, 1.165) is 30.4 Å². The third-order valence-corrected chi connectivity index (χ3v) is 5.56. The molecule has 0 aromatic heterocycles. The molecule has 2 aromatic carbocycles. The normalized spacial score (nSPS) is 11.2.